The van der Waals surface area contributed by atoms with Crippen LogP contribution >= 0.6 is 15.9 Å². The lowest BCUT2D eigenvalue weighted by molar-refractivity contribution is -0.133. The van der Waals surface area contributed by atoms with E-state index in [-0.39, 0.29) is 24.8 Å². The summed E-state index contributed by atoms with van der Waals surface area (Å²) in [4.78, 5) is 25.6. The molecule has 0 aliphatic carbocycles. The summed E-state index contributed by atoms with van der Waals surface area (Å²) in [5, 5.41) is 0. The number of rotatable bonds is 8. The lowest BCUT2D eigenvalue weighted by atomic mass is 10.2. The molecule has 0 radical (unpaired) electrons. The quantitative estimate of drug-likeness (QED) is 0.568. The maximum atomic E-state index is 13.8. The normalized spacial score (nSPS) is 10.3. The zero-order chi connectivity index (χ0) is 20.7. The third-order valence-electron chi connectivity index (χ3n) is 4.03. The molecule has 0 bridgehead atoms. The zero-order valence-electron chi connectivity index (χ0n) is 15.8. The Kier molecular flexibility index (Phi) is 7.80. The topological polar surface area (TPSA) is 65.1 Å². The number of ether oxygens (including phenoxy) is 3. The second-order valence-electron chi connectivity index (χ2n) is 5.80. The van der Waals surface area contributed by atoms with Gasteiger partial charge in [0.1, 0.15) is 5.75 Å². The maximum absolute atomic E-state index is 13.8. The van der Waals surface area contributed by atoms with Gasteiger partial charge in [0.15, 0.2) is 18.2 Å². The van der Waals surface area contributed by atoms with Crippen LogP contribution in [-0.2, 0) is 16.1 Å². The van der Waals surface area contributed by atoms with E-state index in [0.29, 0.717) is 27.9 Å². The van der Waals surface area contributed by atoms with Gasteiger partial charge in [-0.25, -0.2) is 9.18 Å². The van der Waals surface area contributed by atoms with Gasteiger partial charge >= 0.3 is 5.97 Å². The van der Waals surface area contributed by atoms with E-state index in [9.17, 15) is 14.0 Å². The van der Waals surface area contributed by atoms with Crippen LogP contribution in [0.2, 0.25) is 0 Å². The number of halogens is 2. The van der Waals surface area contributed by atoms with Gasteiger partial charge in [0.2, 0.25) is 0 Å². The number of methoxy groups -OCH3 is 2. The molecule has 0 heterocycles. The number of likely N-dealkylation sites (N-methyl/N-ethyl adjacent to an activating group) is 1. The number of nitrogens with zero attached hydrogens (tertiary/aromatic N) is 1. The van der Waals surface area contributed by atoms with Crippen molar-refractivity contribution in [3.63, 3.8) is 0 Å². The summed E-state index contributed by atoms with van der Waals surface area (Å²) in [6.45, 7) is 2.34. The monoisotopic (exact) mass is 453 g/mol. The standard InChI is InChI=1S/C20H21BrFNO5/c1-4-23(11-13-5-7-18(26-2)16(22)9-13)19(24)12-28-17-8-6-14(10-15(17)21)20(25)27-3/h5-10H,4,11-12H2,1-3H3. The number of esters is 1. The molecule has 0 aromatic heterocycles. The van der Waals surface area contributed by atoms with Crippen LogP contribution in [-0.4, -0.2) is 44.1 Å². The summed E-state index contributed by atoms with van der Waals surface area (Å²) in [6, 6.07) is 9.27. The van der Waals surface area contributed by atoms with E-state index in [1.54, 1.807) is 29.2 Å². The van der Waals surface area contributed by atoms with E-state index in [4.69, 9.17) is 9.47 Å². The van der Waals surface area contributed by atoms with Gasteiger partial charge in [0.25, 0.3) is 5.91 Å². The summed E-state index contributed by atoms with van der Waals surface area (Å²) in [5.74, 6) is -0.612. The molecule has 28 heavy (non-hydrogen) atoms. The highest BCUT2D eigenvalue weighted by Gasteiger charge is 2.16. The molecule has 0 saturated heterocycles. The molecular weight excluding hydrogens is 433 g/mol. The first-order valence-corrected chi connectivity index (χ1v) is 9.29. The third-order valence-corrected chi connectivity index (χ3v) is 4.65. The lowest BCUT2D eigenvalue weighted by Crippen LogP contribution is -2.34. The molecule has 6 nitrogen and oxygen atoms in total. The van der Waals surface area contributed by atoms with Crippen LogP contribution < -0.4 is 9.47 Å². The molecular formula is C20H21BrFNO5. The molecule has 2 aromatic rings. The van der Waals surface area contributed by atoms with E-state index < -0.39 is 11.8 Å². The predicted molar refractivity (Wildman–Crippen MR) is 105 cm³/mol. The van der Waals surface area contributed by atoms with E-state index in [0.717, 1.165) is 0 Å². The average molecular weight is 454 g/mol. The van der Waals surface area contributed by atoms with Crippen molar-refractivity contribution in [1.82, 2.24) is 4.90 Å². The molecule has 0 aliphatic rings. The van der Waals surface area contributed by atoms with Crippen molar-refractivity contribution < 1.29 is 28.2 Å². The SMILES string of the molecule is CCN(Cc1ccc(OC)c(F)c1)C(=O)COc1ccc(C(=O)OC)cc1Br. The average Bonchev–Trinajstić information content (AvgIpc) is 2.70. The van der Waals surface area contributed by atoms with Crippen LogP contribution in [0.5, 0.6) is 11.5 Å². The van der Waals surface area contributed by atoms with Gasteiger partial charge < -0.3 is 19.1 Å². The highest BCUT2D eigenvalue weighted by molar-refractivity contribution is 9.10. The molecule has 8 heteroatoms. The molecule has 0 atom stereocenters. The van der Waals surface area contributed by atoms with Crippen molar-refractivity contribution in [1.29, 1.82) is 0 Å². The Labute approximate surface area is 171 Å². The molecule has 0 aliphatic heterocycles. The van der Waals surface area contributed by atoms with Gasteiger partial charge in [-0.15, -0.1) is 0 Å². The molecule has 0 unspecified atom stereocenters. The fraction of sp³-hybridized carbons (Fsp3) is 0.300. The Morgan fingerprint density at radius 1 is 1.11 bits per heavy atom. The molecule has 0 saturated carbocycles. The van der Waals surface area contributed by atoms with E-state index in [2.05, 4.69) is 20.7 Å². The first-order valence-electron chi connectivity index (χ1n) is 8.50. The number of hydrogen-bond acceptors (Lipinski definition) is 5. The van der Waals surface area contributed by atoms with Crippen molar-refractivity contribution in [2.45, 2.75) is 13.5 Å². The Morgan fingerprint density at radius 2 is 1.82 bits per heavy atom. The van der Waals surface area contributed by atoms with Crippen molar-refractivity contribution in [2.24, 2.45) is 0 Å². The summed E-state index contributed by atoms with van der Waals surface area (Å²) in [6.07, 6.45) is 0. The first kappa shape index (κ1) is 21.7. The minimum absolute atomic E-state index is 0.154. The molecule has 0 spiro atoms. The number of carbonyl (C=O) groups is 2. The van der Waals surface area contributed by atoms with Crippen molar-refractivity contribution in [3.05, 3.63) is 57.8 Å². The molecule has 0 N–H and O–H groups in total. The third kappa shape index (κ3) is 5.45. The minimum atomic E-state index is -0.477. The number of amides is 1. The first-order chi connectivity index (χ1) is 13.4. The molecule has 1 amide bonds. The van der Waals surface area contributed by atoms with Gasteiger partial charge in [-0.3, -0.25) is 4.79 Å². The van der Waals surface area contributed by atoms with Crippen molar-refractivity contribution in [2.75, 3.05) is 27.4 Å². The molecule has 0 fully saturated rings. The molecule has 2 aromatic carbocycles. The van der Waals surface area contributed by atoms with Gasteiger partial charge in [0, 0.05) is 13.1 Å². The fourth-order valence-corrected chi connectivity index (χ4v) is 2.99. The lowest BCUT2D eigenvalue weighted by Gasteiger charge is -2.21. The smallest absolute Gasteiger partial charge is 0.337 e. The summed E-state index contributed by atoms with van der Waals surface area (Å²) in [5.41, 5.74) is 1.02. The van der Waals surface area contributed by atoms with Gasteiger partial charge in [0.05, 0.1) is 24.3 Å². The summed E-state index contributed by atoms with van der Waals surface area (Å²) in [7, 11) is 2.69. The Balaban J connectivity index is 2.00. The van der Waals surface area contributed by atoms with Crippen LogP contribution in [0.4, 0.5) is 4.39 Å². The Bertz CT molecular complexity index is 858. The van der Waals surface area contributed by atoms with Gasteiger partial charge in [-0.1, -0.05) is 6.07 Å². The Morgan fingerprint density at radius 3 is 2.39 bits per heavy atom. The van der Waals surface area contributed by atoms with Crippen LogP contribution in [0.3, 0.4) is 0 Å². The van der Waals surface area contributed by atoms with Crippen LogP contribution in [0.25, 0.3) is 0 Å². The number of hydrogen-bond donors (Lipinski definition) is 0. The predicted octanol–water partition coefficient (Wildman–Crippen LogP) is 3.81. The van der Waals surface area contributed by atoms with E-state index >= 15 is 0 Å². The number of benzene rings is 2. The van der Waals surface area contributed by atoms with Crippen LogP contribution in [0.15, 0.2) is 40.9 Å². The van der Waals surface area contributed by atoms with Crippen molar-refractivity contribution in [3.8, 4) is 11.5 Å². The van der Waals surface area contributed by atoms with Gasteiger partial charge in [-0.2, -0.15) is 0 Å². The maximum Gasteiger partial charge on any atom is 0.337 e. The van der Waals surface area contributed by atoms with E-state index in [1.807, 2.05) is 6.92 Å². The second-order valence-corrected chi connectivity index (χ2v) is 6.66. The molecule has 150 valence electrons. The molecule has 2 rings (SSSR count). The van der Waals surface area contributed by atoms with E-state index in [1.165, 1.54) is 26.4 Å². The minimum Gasteiger partial charge on any atom is -0.494 e. The highest BCUT2D eigenvalue weighted by atomic mass is 79.9. The zero-order valence-corrected chi connectivity index (χ0v) is 17.4. The van der Waals surface area contributed by atoms with Crippen LogP contribution in [0.1, 0.15) is 22.8 Å². The van der Waals surface area contributed by atoms with Crippen molar-refractivity contribution >= 4 is 27.8 Å². The van der Waals surface area contributed by atoms with Gasteiger partial charge in [-0.05, 0) is 58.7 Å². The second kappa shape index (κ2) is 10.1. The Hall–Kier alpha value is -2.61. The number of carbonyl (C=O) groups excluding carboxylic acids is 2. The summed E-state index contributed by atoms with van der Waals surface area (Å²) < 4.78 is 29.5. The largest absolute Gasteiger partial charge is 0.494 e. The fourth-order valence-electron chi connectivity index (χ4n) is 2.50. The highest BCUT2D eigenvalue weighted by Crippen LogP contribution is 2.26. The summed E-state index contributed by atoms with van der Waals surface area (Å²) >= 11 is 3.31. The van der Waals surface area contributed by atoms with Crippen LogP contribution in [0, 0.1) is 5.82 Å².